The number of hydrogen-bond donors (Lipinski definition) is 2. The lowest BCUT2D eigenvalue weighted by Gasteiger charge is -2.11. The van der Waals surface area contributed by atoms with E-state index in [0.717, 1.165) is 10.8 Å². The van der Waals surface area contributed by atoms with Crippen molar-refractivity contribution in [2.45, 2.75) is 0 Å². The van der Waals surface area contributed by atoms with Gasteiger partial charge in [0.2, 0.25) is 0 Å². The molecule has 0 atom stereocenters. The van der Waals surface area contributed by atoms with Gasteiger partial charge in [0.1, 0.15) is 17.2 Å². The van der Waals surface area contributed by atoms with Gasteiger partial charge >= 0.3 is 5.97 Å². The number of nitrogens with zero attached hydrogens (tertiary/aromatic N) is 1. The van der Waals surface area contributed by atoms with Crippen molar-refractivity contribution in [2.24, 2.45) is 5.10 Å². The number of carbonyl (C=O) groups is 3. The lowest BCUT2D eigenvalue weighted by atomic mass is 10.0. The van der Waals surface area contributed by atoms with E-state index in [-0.39, 0.29) is 12.3 Å². The van der Waals surface area contributed by atoms with Gasteiger partial charge in [0.25, 0.3) is 11.8 Å². The van der Waals surface area contributed by atoms with Crippen molar-refractivity contribution >= 4 is 34.8 Å². The predicted molar refractivity (Wildman–Crippen MR) is 143 cm³/mol. The molecule has 4 rings (SSSR count). The van der Waals surface area contributed by atoms with Gasteiger partial charge in [0.15, 0.2) is 0 Å². The van der Waals surface area contributed by atoms with E-state index in [9.17, 15) is 14.4 Å². The van der Waals surface area contributed by atoms with E-state index in [4.69, 9.17) is 14.2 Å². The van der Waals surface area contributed by atoms with Crippen molar-refractivity contribution in [1.29, 1.82) is 0 Å². The number of hydrazone groups is 1. The van der Waals surface area contributed by atoms with Crippen LogP contribution in [0.25, 0.3) is 10.8 Å². The number of ether oxygens (including phenoxy) is 3. The lowest BCUT2D eigenvalue weighted by Crippen LogP contribution is -2.34. The molecular weight excluding hydrogens is 486 g/mol. The highest BCUT2D eigenvalue weighted by atomic mass is 16.5. The molecule has 0 saturated heterocycles. The second-order valence-electron chi connectivity index (χ2n) is 8.02. The van der Waals surface area contributed by atoms with Gasteiger partial charge in [0, 0.05) is 11.1 Å². The van der Waals surface area contributed by atoms with Gasteiger partial charge in [0.05, 0.1) is 32.5 Å². The highest BCUT2D eigenvalue weighted by molar-refractivity contribution is 6.04. The van der Waals surface area contributed by atoms with Crippen LogP contribution >= 0.6 is 0 Å². The van der Waals surface area contributed by atoms with Crippen molar-refractivity contribution in [3.05, 3.63) is 102 Å². The molecule has 0 aliphatic rings. The zero-order valence-electron chi connectivity index (χ0n) is 20.8. The van der Waals surface area contributed by atoms with Gasteiger partial charge in [-0.05, 0) is 65.4 Å². The third-order valence-electron chi connectivity index (χ3n) is 5.60. The Kier molecular flexibility index (Phi) is 8.30. The van der Waals surface area contributed by atoms with Crippen LogP contribution in [0.2, 0.25) is 0 Å². The minimum Gasteiger partial charge on any atom is -0.497 e. The Morgan fingerprint density at radius 2 is 1.42 bits per heavy atom. The van der Waals surface area contributed by atoms with Crippen LogP contribution in [0.5, 0.6) is 17.2 Å². The normalized spacial score (nSPS) is 10.7. The zero-order valence-corrected chi connectivity index (χ0v) is 20.8. The number of benzene rings is 4. The fourth-order valence-electron chi connectivity index (χ4n) is 3.60. The van der Waals surface area contributed by atoms with E-state index >= 15 is 0 Å². The standard InChI is InChI=1S/C29H25N3O6/c1-36-22-12-7-20(8-13-22)28(34)30-18-27(33)32-31-17-25-24-6-4-3-5-19(24)11-16-26(25)38-29(35)21-9-14-23(37-2)15-10-21/h3-17H,18H2,1-2H3,(H,30,34)(H,32,33)/b31-17-. The first-order chi connectivity index (χ1) is 18.5. The molecule has 4 aromatic carbocycles. The minimum atomic E-state index is -0.553. The summed E-state index contributed by atoms with van der Waals surface area (Å²) in [6, 6.07) is 24.1. The molecule has 38 heavy (non-hydrogen) atoms. The maximum absolute atomic E-state index is 12.8. The van der Waals surface area contributed by atoms with Crippen LogP contribution in [-0.4, -0.2) is 44.8 Å². The number of esters is 1. The predicted octanol–water partition coefficient (Wildman–Crippen LogP) is 3.96. The van der Waals surface area contributed by atoms with Gasteiger partial charge in [-0.1, -0.05) is 30.3 Å². The van der Waals surface area contributed by atoms with E-state index in [2.05, 4.69) is 15.8 Å². The first kappa shape index (κ1) is 25.9. The van der Waals surface area contributed by atoms with Gasteiger partial charge in [-0.3, -0.25) is 9.59 Å². The molecule has 9 heteroatoms. The van der Waals surface area contributed by atoms with Crippen LogP contribution in [0.3, 0.4) is 0 Å². The molecule has 2 amide bonds. The quantitative estimate of drug-likeness (QED) is 0.152. The van der Waals surface area contributed by atoms with E-state index in [1.165, 1.54) is 13.3 Å². The van der Waals surface area contributed by atoms with Gasteiger partial charge in [-0.2, -0.15) is 5.10 Å². The Hall–Kier alpha value is -5.18. The second-order valence-corrected chi connectivity index (χ2v) is 8.02. The topological polar surface area (TPSA) is 115 Å². The van der Waals surface area contributed by atoms with Crippen molar-refractivity contribution < 1.29 is 28.6 Å². The summed E-state index contributed by atoms with van der Waals surface area (Å²) < 4.78 is 15.9. The Morgan fingerprint density at radius 1 is 0.789 bits per heavy atom. The van der Waals surface area contributed by atoms with Crippen LogP contribution in [0.15, 0.2) is 90.0 Å². The zero-order chi connectivity index (χ0) is 26.9. The number of methoxy groups -OCH3 is 2. The molecule has 9 nitrogen and oxygen atoms in total. The van der Waals surface area contributed by atoms with Crippen molar-refractivity contribution in [3.8, 4) is 17.2 Å². The van der Waals surface area contributed by atoms with Crippen LogP contribution in [0, 0.1) is 0 Å². The Balaban J connectivity index is 1.44. The molecule has 0 saturated carbocycles. The number of nitrogens with one attached hydrogen (secondary N) is 2. The summed E-state index contributed by atoms with van der Waals surface area (Å²) in [6.07, 6.45) is 1.40. The summed E-state index contributed by atoms with van der Waals surface area (Å²) in [4.78, 5) is 37.3. The molecule has 192 valence electrons. The van der Waals surface area contributed by atoms with Crippen molar-refractivity contribution in [3.63, 3.8) is 0 Å². The Bertz CT molecular complexity index is 1480. The monoisotopic (exact) mass is 511 g/mol. The fourth-order valence-corrected chi connectivity index (χ4v) is 3.60. The second kappa shape index (κ2) is 12.2. The third-order valence-corrected chi connectivity index (χ3v) is 5.60. The number of fused-ring (bicyclic) bond motifs is 1. The van der Waals surface area contributed by atoms with Crippen molar-refractivity contribution in [2.75, 3.05) is 20.8 Å². The largest absolute Gasteiger partial charge is 0.497 e. The van der Waals surface area contributed by atoms with E-state index < -0.39 is 17.8 Å². The molecule has 0 fully saturated rings. The summed E-state index contributed by atoms with van der Waals surface area (Å²) in [7, 11) is 3.08. The molecule has 0 aliphatic carbocycles. The highest BCUT2D eigenvalue weighted by Crippen LogP contribution is 2.27. The van der Waals surface area contributed by atoms with Crippen LogP contribution < -0.4 is 25.0 Å². The average Bonchev–Trinajstić information content (AvgIpc) is 2.96. The van der Waals surface area contributed by atoms with E-state index in [0.29, 0.717) is 28.2 Å². The van der Waals surface area contributed by atoms with E-state index in [1.54, 1.807) is 61.7 Å². The summed E-state index contributed by atoms with van der Waals surface area (Å²) in [5.41, 5.74) is 3.63. The Labute approximate surface area is 219 Å². The molecule has 0 unspecified atom stereocenters. The molecule has 0 aliphatic heterocycles. The van der Waals surface area contributed by atoms with Gasteiger partial charge < -0.3 is 19.5 Å². The highest BCUT2D eigenvalue weighted by Gasteiger charge is 2.14. The summed E-state index contributed by atoms with van der Waals surface area (Å²) in [6.45, 7) is -0.281. The molecule has 0 aromatic heterocycles. The smallest absolute Gasteiger partial charge is 0.343 e. The average molecular weight is 512 g/mol. The van der Waals surface area contributed by atoms with Crippen LogP contribution in [0.4, 0.5) is 0 Å². The molecule has 0 spiro atoms. The number of amides is 2. The first-order valence-electron chi connectivity index (χ1n) is 11.6. The SMILES string of the molecule is COc1ccc(C(=O)NCC(=O)N/N=C\c2c(OC(=O)c3ccc(OC)cc3)ccc3ccccc23)cc1. The van der Waals surface area contributed by atoms with Gasteiger partial charge in [-0.15, -0.1) is 0 Å². The van der Waals surface area contributed by atoms with Crippen molar-refractivity contribution in [1.82, 2.24) is 10.7 Å². The first-order valence-corrected chi connectivity index (χ1v) is 11.6. The number of carbonyl (C=O) groups excluding carboxylic acids is 3. The number of hydrogen-bond acceptors (Lipinski definition) is 7. The van der Waals surface area contributed by atoms with Gasteiger partial charge in [-0.25, -0.2) is 10.2 Å². The third kappa shape index (κ3) is 6.33. The van der Waals surface area contributed by atoms with Crippen LogP contribution in [-0.2, 0) is 4.79 Å². The fraction of sp³-hybridized carbons (Fsp3) is 0.103. The molecule has 2 N–H and O–H groups in total. The summed E-state index contributed by atoms with van der Waals surface area (Å²) >= 11 is 0. The molecule has 0 heterocycles. The maximum Gasteiger partial charge on any atom is 0.343 e. The molecule has 0 bridgehead atoms. The van der Waals surface area contributed by atoms with Crippen LogP contribution in [0.1, 0.15) is 26.3 Å². The maximum atomic E-state index is 12.8. The molecule has 4 aromatic rings. The molecule has 0 radical (unpaired) electrons. The summed E-state index contributed by atoms with van der Waals surface area (Å²) in [5, 5.41) is 8.24. The number of rotatable bonds is 9. The molecular formula is C29H25N3O6. The Morgan fingerprint density at radius 3 is 2.08 bits per heavy atom. The lowest BCUT2D eigenvalue weighted by molar-refractivity contribution is -0.120. The minimum absolute atomic E-state index is 0.273. The van der Waals surface area contributed by atoms with E-state index in [1.807, 2.05) is 30.3 Å². The summed E-state index contributed by atoms with van der Waals surface area (Å²) in [5.74, 6) is 0.0269.